The SMILES string of the molecule is N=C(c1ccc(-c2ccon2)cc1)N1CCC1. The van der Waals surface area contributed by atoms with Crippen LogP contribution >= 0.6 is 0 Å². The average molecular weight is 227 g/mol. The fraction of sp³-hybridized carbons (Fsp3) is 0.231. The number of aromatic nitrogens is 1. The maximum absolute atomic E-state index is 8.02. The first-order chi connectivity index (χ1) is 8.34. The first-order valence-electron chi connectivity index (χ1n) is 5.69. The van der Waals surface area contributed by atoms with E-state index in [1.165, 1.54) is 6.42 Å². The molecule has 0 spiro atoms. The van der Waals surface area contributed by atoms with Crippen molar-refractivity contribution in [3.8, 4) is 11.3 Å². The Morgan fingerprint density at radius 3 is 2.47 bits per heavy atom. The van der Waals surface area contributed by atoms with Gasteiger partial charge in [-0.15, -0.1) is 0 Å². The van der Waals surface area contributed by atoms with E-state index in [0.29, 0.717) is 5.84 Å². The van der Waals surface area contributed by atoms with Crippen molar-refractivity contribution >= 4 is 5.84 Å². The van der Waals surface area contributed by atoms with Crippen LogP contribution in [0.4, 0.5) is 0 Å². The average Bonchev–Trinajstić information content (AvgIpc) is 2.80. The second-order valence-electron chi connectivity index (χ2n) is 4.15. The molecule has 2 heterocycles. The van der Waals surface area contributed by atoms with Gasteiger partial charge in [0.25, 0.3) is 0 Å². The van der Waals surface area contributed by atoms with Crippen LogP contribution in [0.15, 0.2) is 41.1 Å². The van der Waals surface area contributed by atoms with Crippen molar-refractivity contribution in [1.29, 1.82) is 5.41 Å². The van der Waals surface area contributed by atoms with Gasteiger partial charge in [-0.25, -0.2) is 0 Å². The van der Waals surface area contributed by atoms with Crippen molar-refractivity contribution in [2.45, 2.75) is 6.42 Å². The Morgan fingerprint density at radius 1 is 1.18 bits per heavy atom. The predicted molar refractivity (Wildman–Crippen MR) is 65.0 cm³/mol. The predicted octanol–water partition coefficient (Wildman–Crippen LogP) is 2.37. The van der Waals surface area contributed by atoms with Gasteiger partial charge in [0.2, 0.25) is 0 Å². The van der Waals surface area contributed by atoms with E-state index in [2.05, 4.69) is 10.1 Å². The molecule has 86 valence electrons. The molecule has 2 aromatic rings. The number of rotatable bonds is 2. The minimum Gasteiger partial charge on any atom is -0.364 e. The van der Waals surface area contributed by atoms with Crippen LogP contribution in [0.3, 0.4) is 0 Å². The highest BCUT2D eigenvalue weighted by Gasteiger charge is 2.18. The highest BCUT2D eigenvalue weighted by Crippen LogP contribution is 2.19. The lowest BCUT2D eigenvalue weighted by Gasteiger charge is -2.33. The first kappa shape index (κ1) is 10.1. The molecular weight excluding hydrogens is 214 g/mol. The molecule has 0 bridgehead atoms. The monoisotopic (exact) mass is 227 g/mol. The largest absolute Gasteiger partial charge is 0.364 e. The van der Waals surface area contributed by atoms with Crippen LogP contribution in [0, 0.1) is 5.41 Å². The third-order valence-corrected chi connectivity index (χ3v) is 3.06. The van der Waals surface area contributed by atoms with E-state index in [1.807, 2.05) is 30.3 Å². The minimum absolute atomic E-state index is 0.614. The zero-order valence-electron chi connectivity index (χ0n) is 9.39. The van der Waals surface area contributed by atoms with Gasteiger partial charge >= 0.3 is 0 Å². The highest BCUT2D eigenvalue weighted by molar-refractivity contribution is 5.97. The second-order valence-corrected chi connectivity index (χ2v) is 4.15. The van der Waals surface area contributed by atoms with Gasteiger partial charge in [-0.3, -0.25) is 5.41 Å². The van der Waals surface area contributed by atoms with E-state index in [9.17, 15) is 0 Å². The first-order valence-corrected chi connectivity index (χ1v) is 5.69. The number of nitrogens with one attached hydrogen (secondary N) is 1. The molecule has 0 saturated carbocycles. The fourth-order valence-corrected chi connectivity index (χ4v) is 1.88. The minimum atomic E-state index is 0.614. The Bertz CT molecular complexity index is 512. The van der Waals surface area contributed by atoms with Gasteiger partial charge in [-0.1, -0.05) is 29.4 Å². The number of likely N-dealkylation sites (tertiary alicyclic amines) is 1. The van der Waals surface area contributed by atoms with Crippen LogP contribution in [-0.4, -0.2) is 29.0 Å². The summed E-state index contributed by atoms with van der Waals surface area (Å²) in [6.45, 7) is 2.01. The van der Waals surface area contributed by atoms with Gasteiger partial charge in [0.05, 0.1) is 0 Å². The Morgan fingerprint density at radius 2 is 1.94 bits per heavy atom. The Kier molecular flexibility index (Phi) is 2.40. The quantitative estimate of drug-likeness (QED) is 0.633. The van der Waals surface area contributed by atoms with Crippen LogP contribution in [0.2, 0.25) is 0 Å². The maximum atomic E-state index is 8.02. The molecule has 0 radical (unpaired) electrons. The zero-order chi connectivity index (χ0) is 11.7. The van der Waals surface area contributed by atoms with Gasteiger partial charge in [-0.2, -0.15) is 0 Å². The molecule has 0 aliphatic carbocycles. The van der Waals surface area contributed by atoms with Crippen molar-refractivity contribution in [2.24, 2.45) is 0 Å². The molecule has 0 unspecified atom stereocenters. The zero-order valence-corrected chi connectivity index (χ0v) is 9.39. The molecule has 1 fully saturated rings. The molecule has 0 amide bonds. The molecule has 1 aliphatic heterocycles. The summed E-state index contributed by atoms with van der Waals surface area (Å²) < 4.78 is 4.81. The Labute approximate surface area is 99.4 Å². The summed E-state index contributed by atoms with van der Waals surface area (Å²) in [6.07, 6.45) is 2.75. The molecular formula is C13H13N3O. The Balaban J connectivity index is 1.82. The third kappa shape index (κ3) is 1.82. The molecule has 4 nitrogen and oxygen atoms in total. The summed E-state index contributed by atoms with van der Waals surface area (Å²) in [7, 11) is 0. The van der Waals surface area contributed by atoms with Gasteiger partial charge in [0, 0.05) is 30.3 Å². The van der Waals surface area contributed by atoms with Gasteiger partial charge in [0.1, 0.15) is 17.8 Å². The lowest BCUT2D eigenvalue weighted by Crippen LogP contribution is -2.42. The molecule has 1 saturated heterocycles. The third-order valence-electron chi connectivity index (χ3n) is 3.06. The number of hydrogen-bond acceptors (Lipinski definition) is 3. The summed E-state index contributed by atoms with van der Waals surface area (Å²) in [5, 5.41) is 11.9. The summed E-state index contributed by atoms with van der Waals surface area (Å²) in [5.41, 5.74) is 2.79. The normalized spacial score (nSPS) is 14.5. The van der Waals surface area contributed by atoms with Crippen molar-refractivity contribution in [3.63, 3.8) is 0 Å². The van der Waals surface area contributed by atoms with Crippen molar-refractivity contribution < 1.29 is 4.52 Å². The van der Waals surface area contributed by atoms with Crippen molar-refractivity contribution in [2.75, 3.05) is 13.1 Å². The molecule has 1 aromatic heterocycles. The van der Waals surface area contributed by atoms with Gasteiger partial charge in [-0.05, 0) is 6.42 Å². The topological polar surface area (TPSA) is 53.1 Å². The lowest BCUT2D eigenvalue weighted by atomic mass is 10.1. The Hall–Kier alpha value is -2.10. The van der Waals surface area contributed by atoms with Crippen LogP contribution in [0.1, 0.15) is 12.0 Å². The number of amidine groups is 1. The molecule has 17 heavy (non-hydrogen) atoms. The van der Waals surface area contributed by atoms with E-state index in [1.54, 1.807) is 6.26 Å². The molecule has 4 heteroatoms. The highest BCUT2D eigenvalue weighted by atomic mass is 16.5. The standard InChI is InChI=1S/C13H13N3O/c14-13(16-7-1-8-16)11-4-2-10(3-5-11)12-6-9-17-15-12/h2-6,9,14H,1,7-8H2. The number of nitrogens with zero attached hydrogens (tertiary/aromatic N) is 2. The summed E-state index contributed by atoms with van der Waals surface area (Å²) in [6, 6.07) is 9.70. The van der Waals surface area contributed by atoms with Gasteiger partial charge < -0.3 is 9.42 Å². The molecule has 1 aromatic carbocycles. The smallest absolute Gasteiger partial charge is 0.128 e. The summed E-state index contributed by atoms with van der Waals surface area (Å²) in [5.74, 6) is 0.614. The van der Waals surface area contributed by atoms with E-state index in [0.717, 1.165) is 29.9 Å². The lowest BCUT2D eigenvalue weighted by molar-refractivity contribution is 0.299. The molecule has 3 rings (SSSR count). The van der Waals surface area contributed by atoms with Crippen molar-refractivity contribution in [3.05, 3.63) is 42.2 Å². The van der Waals surface area contributed by atoms with Crippen LogP contribution in [0.25, 0.3) is 11.3 Å². The fourth-order valence-electron chi connectivity index (χ4n) is 1.88. The number of benzene rings is 1. The van der Waals surface area contributed by atoms with Crippen LogP contribution in [0.5, 0.6) is 0 Å². The van der Waals surface area contributed by atoms with E-state index in [-0.39, 0.29) is 0 Å². The van der Waals surface area contributed by atoms with Crippen molar-refractivity contribution in [1.82, 2.24) is 10.1 Å². The summed E-state index contributed by atoms with van der Waals surface area (Å²) >= 11 is 0. The van der Waals surface area contributed by atoms with E-state index >= 15 is 0 Å². The molecule has 0 atom stereocenters. The second kappa shape index (κ2) is 4.05. The van der Waals surface area contributed by atoms with E-state index < -0.39 is 0 Å². The van der Waals surface area contributed by atoms with Crippen LogP contribution < -0.4 is 0 Å². The molecule has 1 N–H and O–H groups in total. The van der Waals surface area contributed by atoms with Crippen LogP contribution in [-0.2, 0) is 0 Å². The number of hydrogen-bond donors (Lipinski definition) is 1. The summed E-state index contributed by atoms with van der Waals surface area (Å²) in [4.78, 5) is 2.07. The van der Waals surface area contributed by atoms with E-state index in [4.69, 9.17) is 9.93 Å². The maximum Gasteiger partial charge on any atom is 0.128 e. The molecule has 1 aliphatic rings. The van der Waals surface area contributed by atoms with Gasteiger partial charge in [0.15, 0.2) is 0 Å².